The van der Waals surface area contributed by atoms with Crippen LogP contribution in [-0.4, -0.2) is 163 Å². The van der Waals surface area contributed by atoms with Crippen molar-refractivity contribution in [2.45, 2.75) is 155 Å². The van der Waals surface area contributed by atoms with E-state index in [1.165, 1.54) is 22.7 Å². The number of amides is 4. The highest BCUT2D eigenvalue weighted by atomic mass is 32.1. The van der Waals surface area contributed by atoms with Crippen molar-refractivity contribution in [1.29, 1.82) is 0 Å². The van der Waals surface area contributed by atoms with Gasteiger partial charge in [-0.2, -0.15) is 0 Å². The lowest BCUT2D eigenvalue weighted by Crippen LogP contribution is -2.45. The number of aromatic nitrogens is 14. The fraction of sp³-hybridized carbons (Fsp3) is 0.364. The summed E-state index contributed by atoms with van der Waals surface area (Å²) in [5, 5.41) is 23.2. The zero-order valence-electron chi connectivity index (χ0n) is 66.4. The third-order valence-corrected chi connectivity index (χ3v) is 24.7. The minimum Gasteiger partial charge on any atom is -0.350 e. The lowest BCUT2D eigenvalue weighted by molar-refractivity contribution is -0.134. The highest BCUT2D eigenvalue weighted by Gasteiger charge is 2.42. The van der Waals surface area contributed by atoms with E-state index >= 15 is 0 Å². The minimum atomic E-state index is -0.400. The zero-order chi connectivity index (χ0) is 79.8. The summed E-state index contributed by atoms with van der Waals surface area (Å²) in [6.07, 6.45) is 21.3. The van der Waals surface area contributed by atoms with Crippen molar-refractivity contribution >= 4 is 112 Å². The fourth-order valence-electron chi connectivity index (χ4n) is 17.1. The van der Waals surface area contributed by atoms with Gasteiger partial charge in [0.2, 0.25) is 35.5 Å². The molecule has 0 unspecified atom stereocenters. The molecule has 6 aromatic carbocycles. The van der Waals surface area contributed by atoms with Crippen LogP contribution in [0.5, 0.6) is 0 Å². The topological polar surface area (TPSA) is 327 Å². The summed E-state index contributed by atoms with van der Waals surface area (Å²) in [6, 6.07) is 36.7. The van der Waals surface area contributed by atoms with Crippen LogP contribution in [0.4, 0.5) is 22.2 Å². The molecule has 26 nitrogen and oxygen atoms in total. The molecule has 0 bridgehead atoms. The number of carbonyl (C=O) groups is 4. The number of rotatable bonds is 24. The maximum absolute atomic E-state index is 13.9. The van der Waals surface area contributed by atoms with E-state index in [0.717, 1.165) is 173 Å². The van der Waals surface area contributed by atoms with Gasteiger partial charge in [0.15, 0.2) is 10.3 Å². The Morgan fingerprint density at radius 1 is 0.371 bits per heavy atom. The van der Waals surface area contributed by atoms with Crippen LogP contribution in [-0.2, 0) is 19.2 Å². The van der Waals surface area contributed by atoms with Crippen LogP contribution in [0.3, 0.4) is 0 Å². The van der Waals surface area contributed by atoms with Crippen molar-refractivity contribution in [2.24, 2.45) is 23.7 Å². The first-order chi connectivity index (χ1) is 56.4. The third-order valence-electron chi connectivity index (χ3n) is 23.3. The van der Waals surface area contributed by atoms with Gasteiger partial charge in [-0.25, -0.2) is 39.9 Å². The molecule has 596 valence electrons. The van der Waals surface area contributed by atoms with E-state index in [1.807, 2.05) is 56.6 Å². The molecule has 10 N–H and O–H groups in total. The van der Waals surface area contributed by atoms with Gasteiger partial charge in [0.05, 0.1) is 70.0 Å². The molecule has 4 fully saturated rings. The van der Waals surface area contributed by atoms with E-state index in [1.54, 1.807) is 37.2 Å². The molecule has 0 aliphatic carbocycles. The SMILES string of the molecule is CC(C)[C@H](Nc1ncc[nH]1)C(=O)N1CCC[C@H]1c1ncc(-c2ccc3cc(-c4ccc5nc([C@@H]6CCCN6C(=O)[C@@H](Nc6ncc[nH]6)C(C)C)[nH]c5c4)ccc3c2)[nH]1.CC(C)[C@H](Nc1nccs1)C(=O)N1CCC[C@H]1c1ncc(-c2ccc3cc(-c4ccc5nc([C@@H]6CCCN6C(=O)[C@@H](Nc6nccs6)C(C)C)[nH]c5c4)ccc3c2)[nH]1. The number of fused-ring (bicyclic) bond motifs is 4. The Kier molecular flexibility index (Phi) is 21.8. The van der Waals surface area contributed by atoms with E-state index in [0.29, 0.717) is 38.1 Å². The molecule has 4 amide bonds. The van der Waals surface area contributed by atoms with Gasteiger partial charge >= 0.3 is 0 Å². The number of hydrogen-bond donors (Lipinski definition) is 10. The van der Waals surface area contributed by atoms with Crippen LogP contribution in [0, 0.1) is 23.7 Å². The Bertz CT molecular complexity index is 5430. The van der Waals surface area contributed by atoms with E-state index in [-0.39, 0.29) is 83.6 Å². The van der Waals surface area contributed by atoms with Crippen LogP contribution in [0.25, 0.3) is 88.4 Å². The minimum absolute atomic E-state index is 0.0582. The molecule has 8 aromatic heterocycles. The van der Waals surface area contributed by atoms with Crippen LogP contribution in [0.2, 0.25) is 0 Å². The van der Waals surface area contributed by atoms with Crippen LogP contribution >= 0.6 is 22.7 Å². The average molecular weight is 1590 g/mol. The van der Waals surface area contributed by atoms with Gasteiger partial charge in [-0.3, -0.25) is 19.2 Å². The predicted octanol–water partition coefficient (Wildman–Crippen LogP) is 17.1. The largest absolute Gasteiger partial charge is 0.350 e. The number of anilines is 4. The predicted molar refractivity (Wildman–Crippen MR) is 458 cm³/mol. The van der Waals surface area contributed by atoms with Gasteiger partial charge in [0.25, 0.3) is 0 Å². The van der Waals surface area contributed by atoms with Crippen molar-refractivity contribution in [3.05, 3.63) is 193 Å². The summed E-state index contributed by atoms with van der Waals surface area (Å²) in [6.45, 7) is 19.3. The first-order valence-electron chi connectivity index (χ1n) is 40.6. The molecule has 18 rings (SSSR count). The van der Waals surface area contributed by atoms with E-state index in [2.05, 4.69) is 222 Å². The van der Waals surface area contributed by atoms with Crippen LogP contribution in [0.15, 0.2) is 170 Å². The van der Waals surface area contributed by atoms with Crippen molar-refractivity contribution in [3.8, 4) is 44.8 Å². The number of hydrogen-bond acceptors (Lipinski definition) is 18. The second-order valence-corrected chi connectivity index (χ2v) is 34.2. The highest BCUT2D eigenvalue weighted by molar-refractivity contribution is 7.13. The highest BCUT2D eigenvalue weighted by Crippen LogP contribution is 2.41. The van der Waals surface area contributed by atoms with Gasteiger partial charge in [0, 0.05) is 85.2 Å². The van der Waals surface area contributed by atoms with Crippen molar-refractivity contribution < 1.29 is 19.2 Å². The van der Waals surface area contributed by atoms with Crippen LogP contribution in [0.1, 0.15) is 154 Å². The lowest BCUT2D eigenvalue weighted by atomic mass is 9.99. The average Bonchev–Trinajstić information content (AvgIpc) is 1.50. The Balaban J connectivity index is 0.000000167. The van der Waals surface area contributed by atoms with E-state index in [9.17, 15) is 19.2 Å². The summed E-state index contributed by atoms with van der Waals surface area (Å²) < 4.78 is 0. The summed E-state index contributed by atoms with van der Waals surface area (Å²) in [5.74, 6) is 5.14. The number of H-pyrrole nitrogens is 6. The number of carbonyl (C=O) groups excluding carboxylic acids is 4. The molecule has 14 aromatic rings. The van der Waals surface area contributed by atoms with Crippen molar-refractivity contribution in [2.75, 3.05) is 47.4 Å². The van der Waals surface area contributed by atoms with Crippen LogP contribution < -0.4 is 21.3 Å². The maximum Gasteiger partial charge on any atom is 0.246 e. The molecular weight excluding hydrogens is 1490 g/mol. The molecule has 0 saturated carbocycles. The van der Waals surface area contributed by atoms with E-state index < -0.39 is 12.1 Å². The lowest BCUT2D eigenvalue weighted by Gasteiger charge is -2.30. The molecule has 116 heavy (non-hydrogen) atoms. The second-order valence-electron chi connectivity index (χ2n) is 32.4. The molecule has 4 aliphatic rings. The molecular formula is C88H98N22O4S2. The number of thiazole rings is 2. The third kappa shape index (κ3) is 15.9. The standard InChI is InChI=1S/C44H50N12O2.C44H48N10O2S2/c1-25(2)37(53-43-45-15-16-46-43)41(57)55-19-5-7-35(55)39-49-24-34(52-39)31-12-11-27-21-28(9-10-29(27)22-31)30-13-14-32-33(23-30)51-40(50-32)36-8-6-20-56(36)42(58)38(26(3)4)54-44-47-17-18-48-44;1-25(2)37(51-43-45-15-19-57-43)41(55)53-17-5-7-35(53)39-47-24-34(50-39)31-12-11-27-21-28(9-10-29(27)22-31)30-13-14-32-33(23-30)49-40(48-32)36-8-6-18-54(36)42(56)38(26(3)4)52-44-46-16-20-58-44/h9-18,21-26,35-38H,5-8,19-20H2,1-4H3,(H,49,52)(H,50,51)(H2,45,46,53)(H2,47,48,54);9-16,19-26,35-38H,5-8,17-18H2,1-4H3,(H,45,51)(H,46,52)(H,47,50)(H,48,49)/t2*35-,36-,37-,38-/m00/s1. The van der Waals surface area contributed by atoms with Gasteiger partial charge in [-0.15, -0.1) is 22.7 Å². The molecule has 28 heteroatoms. The maximum atomic E-state index is 13.9. The number of likely N-dealkylation sites (tertiary alicyclic amines) is 4. The molecule has 12 heterocycles. The monoisotopic (exact) mass is 1590 g/mol. The first kappa shape index (κ1) is 76.6. The first-order valence-corrected chi connectivity index (χ1v) is 42.4. The molecule has 8 atom stereocenters. The van der Waals surface area contributed by atoms with Gasteiger partial charge in [-0.05, 0) is 167 Å². The van der Waals surface area contributed by atoms with Gasteiger partial charge < -0.3 is 70.8 Å². The van der Waals surface area contributed by atoms with Crippen molar-refractivity contribution in [3.63, 3.8) is 0 Å². The molecule has 4 aliphatic heterocycles. The number of nitrogens with one attached hydrogen (secondary N) is 10. The number of imidazole rings is 6. The summed E-state index contributed by atoms with van der Waals surface area (Å²) in [7, 11) is 0. The zero-order valence-corrected chi connectivity index (χ0v) is 68.0. The second kappa shape index (κ2) is 33.1. The Labute approximate surface area is 680 Å². The molecule has 0 spiro atoms. The normalized spacial score (nSPS) is 18.2. The molecule has 0 radical (unpaired) electrons. The van der Waals surface area contributed by atoms with Gasteiger partial charge in [0.1, 0.15) is 47.5 Å². The van der Waals surface area contributed by atoms with Crippen molar-refractivity contribution in [1.82, 2.24) is 89.4 Å². The number of nitrogens with zero attached hydrogens (tertiary/aromatic N) is 12. The Hall–Kier alpha value is -12.0. The Morgan fingerprint density at radius 2 is 0.698 bits per heavy atom. The Morgan fingerprint density at radius 3 is 1.03 bits per heavy atom. The summed E-state index contributed by atoms with van der Waals surface area (Å²) in [4.78, 5) is 121. The fourth-order valence-corrected chi connectivity index (χ4v) is 18.2. The number of benzene rings is 6. The smallest absolute Gasteiger partial charge is 0.246 e. The molecule has 4 saturated heterocycles. The number of aromatic amines is 6. The van der Waals surface area contributed by atoms with Gasteiger partial charge in [-0.1, -0.05) is 116 Å². The quantitative estimate of drug-likeness (QED) is 0.0269. The summed E-state index contributed by atoms with van der Waals surface area (Å²) in [5.41, 5.74) is 12.0. The summed E-state index contributed by atoms with van der Waals surface area (Å²) >= 11 is 3.01. The van der Waals surface area contributed by atoms with E-state index in [4.69, 9.17) is 19.9 Å².